The van der Waals surface area contributed by atoms with Gasteiger partial charge in [-0.1, -0.05) is 12.2 Å². The molecule has 1 aromatic rings. The van der Waals surface area contributed by atoms with E-state index in [1.54, 1.807) is 0 Å². The SMILES string of the molecule is O=C1[C@@H]2[C@H](C(=O)N1CCCNc1nc(C3CC3)ns1)[C@H]1C=C[C@H]2C1. The molecule has 6 nitrogen and oxygen atoms in total. The van der Waals surface area contributed by atoms with Crippen LogP contribution >= 0.6 is 11.5 Å². The van der Waals surface area contributed by atoms with Gasteiger partial charge in [-0.25, -0.2) is 4.98 Å². The molecule has 4 atom stereocenters. The first-order chi connectivity index (χ1) is 11.7. The zero-order valence-electron chi connectivity index (χ0n) is 13.4. The van der Waals surface area contributed by atoms with Crippen LogP contribution in [-0.4, -0.2) is 39.2 Å². The third-order valence-electron chi connectivity index (χ3n) is 5.78. The standard InChI is InChI=1S/C17H20N4O2S/c22-15-12-10-4-5-11(8-10)13(12)16(23)21(15)7-1-6-18-17-19-14(20-24-17)9-2-3-9/h4-5,9-13H,1-3,6-8H2,(H,18,19,20)/t10-,11-,12-,13+/m0/s1. The van der Waals surface area contributed by atoms with Crippen molar-refractivity contribution < 1.29 is 9.59 Å². The van der Waals surface area contributed by atoms with Crippen molar-refractivity contribution in [1.29, 1.82) is 0 Å². The maximum Gasteiger partial charge on any atom is 0.233 e. The molecule has 1 N–H and O–H groups in total. The quantitative estimate of drug-likeness (QED) is 0.485. The molecule has 1 aliphatic heterocycles. The van der Waals surface area contributed by atoms with Crippen molar-refractivity contribution in [2.45, 2.75) is 31.6 Å². The van der Waals surface area contributed by atoms with E-state index in [4.69, 9.17) is 0 Å². The van der Waals surface area contributed by atoms with Gasteiger partial charge in [0.25, 0.3) is 0 Å². The molecule has 0 unspecified atom stereocenters. The van der Waals surface area contributed by atoms with Gasteiger partial charge in [0.2, 0.25) is 16.9 Å². The Morgan fingerprint density at radius 2 is 1.88 bits per heavy atom. The molecule has 0 aromatic carbocycles. The third kappa shape index (κ3) is 2.21. The third-order valence-corrected chi connectivity index (χ3v) is 6.47. The molecule has 5 rings (SSSR count). The average Bonchev–Trinajstić information content (AvgIpc) is 2.96. The number of aromatic nitrogens is 2. The normalized spacial score (nSPS) is 33.6. The highest BCUT2D eigenvalue weighted by atomic mass is 32.1. The Bertz CT molecular complexity index is 696. The van der Waals surface area contributed by atoms with E-state index in [0.717, 1.165) is 23.8 Å². The number of hydrogen-bond acceptors (Lipinski definition) is 6. The van der Waals surface area contributed by atoms with Gasteiger partial charge in [0.05, 0.1) is 11.8 Å². The van der Waals surface area contributed by atoms with Crippen molar-refractivity contribution in [2.24, 2.45) is 23.7 Å². The Morgan fingerprint density at radius 3 is 2.54 bits per heavy atom. The highest BCUT2D eigenvalue weighted by molar-refractivity contribution is 7.09. The summed E-state index contributed by atoms with van der Waals surface area (Å²) in [4.78, 5) is 31.1. The smallest absolute Gasteiger partial charge is 0.233 e. The number of imide groups is 1. The van der Waals surface area contributed by atoms with E-state index in [0.29, 0.717) is 30.8 Å². The first-order valence-electron chi connectivity index (χ1n) is 8.83. The van der Waals surface area contributed by atoms with E-state index in [9.17, 15) is 9.59 Å². The first-order valence-corrected chi connectivity index (χ1v) is 9.61. The van der Waals surface area contributed by atoms with Gasteiger partial charge in [0.15, 0.2) is 0 Å². The molecule has 7 heteroatoms. The zero-order valence-corrected chi connectivity index (χ0v) is 14.2. The maximum atomic E-state index is 12.6. The maximum absolute atomic E-state index is 12.6. The number of amides is 2. The lowest BCUT2D eigenvalue weighted by atomic mass is 9.85. The van der Waals surface area contributed by atoms with Crippen LogP contribution in [0.15, 0.2) is 12.2 Å². The Kier molecular flexibility index (Phi) is 3.26. The first kappa shape index (κ1) is 14.6. The van der Waals surface area contributed by atoms with E-state index >= 15 is 0 Å². The Labute approximate surface area is 144 Å². The van der Waals surface area contributed by atoms with Crippen LogP contribution in [0.3, 0.4) is 0 Å². The van der Waals surface area contributed by atoms with E-state index in [2.05, 4.69) is 26.8 Å². The van der Waals surface area contributed by atoms with Crippen LogP contribution in [0.1, 0.15) is 37.4 Å². The Balaban J connectivity index is 1.14. The number of hydrogen-bond donors (Lipinski definition) is 1. The zero-order chi connectivity index (χ0) is 16.3. The van der Waals surface area contributed by atoms with E-state index < -0.39 is 0 Å². The fourth-order valence-corrected chi connectivity index (χ4v) is 5.10. The number of allylic oxidation sites excluding steroid dienone is 2. The summed E-state index contributed by atoms with van der Waals surface area (Å²) in [7, 11) is 0. The molecular formula is C17H20N4O2S. The molecule has 24 heavy (non-hydrogen) atoms. The van der Waals surface area contributed by atoms with Crippen molar-refractivity contribution in [3.05, 3.63) is 18.0 Å². The van der Waals surface area contributed by atoms with Crippen LogP contribution in [0, 0.1) is 23.7 Å². The second-order valence-electron chi connectivity index (χ2n) is 7.34. The van der Waals surface area contributed by atoms with Gasteiger partial charge in [-0.05, 0) is 37.5 Å². The number of likely N-dealkylation sites (tertiary alicyclic amines) is 1. The van der Waals surface area contributed by atoms with Gasteiger partial charge >= 0.3 is 0 Å². The van der Waals surface area contributed by atoms with Crippen LogP contribution in [0.25, 0.3) is 0 Å². The molecule has 3 fully saturated rings. The van der Waals surface area contributed by atoms with Gasteiger partial charge in [0.1, 0.15) is 5.82 Å². The molecule has 0 radical (unpaired) electrons. The summed E-state index contributed by atoms with van der Waals surface area (Å²) in [6, 6.07) is 0. The van der Waals surface area contributed by atoms with Crippen LogP contribution < -0.4 is 5.32 Å². The van der Waals surface area contributed by atoms with E-state index in [1.165, 1.54) is 29.3 Å². The van der Waals surface area contributed by atoms with Gasteiger partial charge in [-0.15, -0.1) is 0 Å². The van der Waals surface area contributed by atoms with Gasteiger partial charge in [-0.2, -0.15) is 4.37 Å². The summed E-state index contributed by atoms with van der Waals surface area (Å²) < 4.78 is 4.36. The summed E-state index contributed by atoms with van der Waals surface area (Å²) in [5.41, 5.74) is 0. The van der Waals surface area contributed by atoms with Crippen LogP contribution in [0.2, 0.25) is 0 Å². The second-order valence-corrected chi connectivity index (χ2v) is 8.09. The molecule has 2 saturated carbocycles. The van der Waals surface area contributed by atoms with Gasteiger partial charge in [0, 0.05) is 30.5 Å². The van der Waals surface area contributed by atoms with Crippen molar-refractivity contribution >= 4 is 28.5 Å². The lowest BCUT2D eigenvalue weighted by molar-refractivity contribution is -0.140. The minimum Gasteiger partial charge on any atom is -0.360 e. The summed E-state index contributed by atoms with van der Waals surface area (Å²) in [6.07, 6.45) is 8.41. The van der Waals surface area contributed by atoms with Crippen LogP contribution in [0.4, 0.5) is 5.13 Å². The van der Waals surface area contributed by atoms with Crippen LogP contribution in [-0.2, 0) is 9.59 Å². The number of fused-ring (bicyclic) bond motifs is 5. The monoisotopic (exact) mass is 344 g/mol. The minimum atomic E-state index is -0.0790. The molecule has 2 bridgehead atoms. The molecule has 1 saturated heterocycles. The topological polar surface area (TPSA) is 75.2 Å². The Hall–Kier alpha value is -1.76. The average molecular weight is 344 g/mol. The van der Waals surface area contributed by atoms with E-state index in [-0.39, 0.29) is 23.7 Å². The van der Waals surface area contributed by atoms with Crippen molar-refractivity contribution in [3.8, 4) is 0 Å². The summed E-state index contributed by atoms with van der Waals surface area (Å²) in [5, 5.41) is 4.11. The number of nitrogens with zero attached hydrogens (tertiary/aromatic N) is 3. The molecule has 4 aliphatic rings. The van der Waals surface area contributed by atoms with Gasteiger partial charge < -0.3 is 5.32 Å². The van der Waals surface area contributed by atoms with Gasteiger partial charge in [-0.3, -0.25) is 14.5 Å². The molecule has 1 aromatic heterocycles. The molecule has 2 amide bonds. The summed E-state index contributed by atoms with van der Waals surface area (Å²) >= 11 is 1.40. The van der Waals surface area contributed by atoms with E-state index in [1.807, 2.05) is 0 Å². The number of carbonyl (C=O) groups is 2. The molecule has 2 heterocycles. The predicted octanol–water partition coefficient (Wildman–Crippen LogP) is 2.02. The fourth-order valence-electron chi connectivity index (χ4n) is 4.43. The number of rotatable bonds is 6. The lowest BCUT2D eigenvalue weighted by Gasteiger charge is -2.17. The molecular weight excluding hydrogens is 324 g/mol. The molecule has 0 spiro atoms. The van der Waals surface area contributed by atoms with Crippen molar-refractivity contribution in [3.63, 3.8) is 0 Å². The number of carbonyl (C=O) groups excluding carboxylic acids is 2. The molecule has 126 valence electrons. The van der Waals surface area contributed by atoms with Crippen molar-refractivity contribution in [1.82, 2.24) is 14.3 Å². The second kappa shape index (κ2) is 5.37. The number of nitrogens with one attached hydrogen (secondary N) is 1. The number of anilines is 1. The largest absolute Gasteiger partial charge is 0.360 e. The van der Waals surface area contributed by atoms with Crippen LogP contribution in [0.5, 0.6) is 0 Å². The molecule has 3 aliphatic carbocycles. The summed E-state index contributed by atoms with van der Waals surface area (Å²) in [6.45, 7) is 1.21. The lowest BCUT2D eigenvalue weighted by Crippen LogP contribution is -2.34. The Morgan fingerprint density at radius 1 is 1.17 bits per heavy atom. The minimum absolute atomic E-state index is 0.0498. The highest BCUT2D eigenvalue weighted by Crippen LogP contribution is 2.52. The summed E-state index contributed by atoms with van der Waals surface area (Å²) in [5.74, 6) is 2.06. The predicted molar refractivity (Wildman–Crippen MR) is 89.4 cm³/mol. The fraction of sp³-hybridized carbons (Fsp3) is 0.647. The van der Waals surface area contributed by atoms with Crippen molar-refractivity contribution in [2.75, 3.05) is 18.4 Å². The highest BCUT2D eigenvalue weighted by Gasteiger charge is 2.58.